The van der Waals surface area contributed by atoms with Crippen LogP contribution in [0.4, 0.5) is 22.9 Å². The van der Waals surface area contributed by atoms with Gasteiger partial charge in [0.25, 0.3) is 0 Å². The van der Waals surface area contributed by atoms with Crippen LogP contribution in [0.25, 0.3) is 22.2 Å². The van der Waals surface area contributed by atoms with Crippen LogP contribution < -0.4 is 20.3 Å². The molecular formula is C27H29N7O2. The number of rotatable bonds is 7. The highest BCUT2D eigenvalue weighted by molar-refractivity contribution is 6.02. The third kappa shape index (κ3) is 4.73. The second-order valence-electron chi connectivity index (χ2n) is 8.71. The summed E-state index contributed by atoms with van der Waals surface area (Å²) >= 11 is 0. The summed E-state index contributed by atoms with van der Waals surface area (Å²) in [7, 11) is 3.74. The fourth-order valence-electron chi connectivity index (χ4n) is 4.42. The van der Waals surface area contributed by atoms with Crippen LogP contribution in [0, 0.1) is 0 Å². The summed E-state index contributed by atoms with van der Waals surface area (Å²) in [6.45, 7) is 7.18. The maximum absolute atomic E-state index is 12.2. The number of carbonyl (C=O) groups is 1. The van der Waals surface area contributed by atoms with Gasteiger partial charge in [-0.2, -0.15) is 0 Å². The molecule has 0 bridgehead atoms. The lowest BCUT2D eigenvalue weighted by molar-refractivity contribution is -0.111. The first-order chi connectivity index (χ1) is 17.6. The van der Waals surface area contributed by atoms with E-state index in [9.17, 15) is 4.79 Å². The number of likely N-dealkylation sites (N-methyl/N-ethyl adjacent to an activating group) is 1. The Balaban J connectivity index is 1.50. The van der Waals surface area contributed by atoms with E-state index in [4.69, 9.17) is 4.74 Å². The molecule has 1 amide bonds. The Morgan fingerprint density at radius 2 is 1.92 bits per heavy atom. The van der Waals surface area contributed by atoms with Crippen molar-refractivity contribution in [2.45, 2.75) is 0 Å². The van der Waals surface area contributed by atoms with E-state index < -0.39 is 0 Å². The molecule has 5 rings (SSSR count). The number of anilines is 4. The monoisotopic (exact) mass is 483 g/mol. The maximum Gasteiger partial charge on any atom is 0.247 e. The van der Waals surface area contributed by atoms with E-state index in [-0.39, 0.29) is 5.91 Å². The SMILES string of the molecule is C=CC(=O)Nc1cc(Nc2cc(-c3c[nH]c4ccccc34)ncn2)c(OC)cc1N1CCN(C)CC1. The normalized spacial score (nSPS) is 14.0. The zero-order chi connectivity index (χ0) is 25.1. The minimum atomic E-state index is -0.273. The van der Waals surface area contributed by atoms with Crippen LogP contribution in [0.15, 0.2) is 67.6 Å². The molecule has 0 atom stereocenters. The first kappa shape index (κ1) is 23.4. The highest BCUT2D eigenvalue weighted by atomic mass is 16.5. The molecule has 0 saturated carbocycles. The number of nitrogens with zero attached hydrogens (tertiary/aromatic N) is 4. The van der Waals surface area contributed by atoms with Crippen LogP contribution in [0.5, 0.6) is 5.75 Å². The second-order valence-corrected chi connectivity index (χ2v) is 8.71. The predicted molar refractivity (Wildman–Crippen MR) is 144 cm³/mol. The topological polar surface area (TPSA) is 98.4 Å². The highest BCUT2D eigenvalue weighted by Gasteiger charge is 2.21. The van der Waals surface area contributed by atoms with E-state index in [2.05, 4.69) is 55.1 Å². The van der Waals surface area contributed by atoms with E-state index in [1.165, 1.54) is 12.4 Å². The highest BCUT2D eigenvalue weighted by Crippen LogP contribution is 2.39. The number of amides is 1. The van der Waals surface area contributed by atoms with Gasteiger partial charge in [0.05, 0.1) is 29.9 Å². The average Bonchev–Trinajstić information content (AvgIpc) is 3.34. The first-order valence-electron chi connectivity index (χ1n) is 11.8. The number of para-hydroxylation sites is 1. The lowest BCUT2D eigenvalue weighted by Crippen LogP contribution is -2.44. The lowest BCUT2D eigenvalue weighted by Gasteiger charge is -2.35. The van der Waals surface area contributed by atoms with Crippen LogP contribution in [-0.4, -0.2) is 66.1 Å². The van der Waals surface area contributed by atoms with Crippen molar-refractivity contribution in [2.75, 3.05) is 55.9 Å². The van der Waals surface area contributed by atoms with Gasteiger partial charge in [0.2, 0.25) is 5.91 Å². The summed E-state index contributed by atoms with van der Waals surface area (Å²) in [6.07, 6.45) is 4.75. The summed E-state index contributed by atoms with van der Waals surface area (Å²) in [6, 6.07) is 13.8. The number of ether oxygens (including phenoxy) is 1. The fourth-order valence-corrected chi connectivity index (χ4v) is 4.42. The molecule has 184 valence electrons. The number of aromatic amines is 1. The zero-order valence-electron chi connectivity index (χ0n) is 20.4. The van der Waals surface area contributed by atoms with Gasteiger partial charge in [0.1, 0.15) is 17.9 Å². The quantitative estimate of drug-likeness (QED) is 0.338. The molecule has 4 aromatic rings. The van der Waals surface area contributed by atoms with Gasteiger partial charge in [-0.1, -0.05) is 24.8 Å². The standard InChI is InChI=1S/C27H29N7O2/c1-4-27(35)32-22-13-23(25(36-3)15-24(22)34-11-9-33(2)10-12-34)31-26-14-21(29-17-30-26)19-16-28-20-8-6-5-7-18(19)20/h4-8,13-17,28H,1,9-12H2,2-3H3,(H,32,35)(H,29,30,31). The summed E-state index contributed by atoms with van der Waals surface area (Å²) in [5.74, 6) is 0.981. The van der Waals surface area contributed by atoms with Gasteiger partial charge in [-0.3, -0.25) is 4.79 Å². The van der Waals surface area contributed by atoms with Gasteiger partial charge >= 0.3 is 0 Å². The molecule has 2 aromatic carbocycles. The van der Waals surface area contributed by atoms with Gasteiger partial charge in [-0.05, 0) is 25.3 Å². The number of piperazine rings is 1. The number of hydrogen-bond donors (Lipinski definition) is 3. The van der Waals surface area contributed by atoms with Gasteiger partial charge < -0.3 is 30.2 Å². The van der Waals surface area contributed by atoms with Crippen molar-refractivity contribution in [3.63, 3.8) is 0 Å². The van der Waals surface area contributed by atoms with Gasteiger partial charge in [0.15, 0.2) is 0 Å². The first-order valence-corrected chi connectivity index (χ1v) is 11.8. The lowest BCUT2D eigenvalue weighted by atomic mass is 10.1. The number of hydrogen-bond acceptors (Lipinski definition) is 7. The predicted octanol–water partition coefficient (Wildman–Crippen LogP) is 4.25. The molecular weight excluding hydrogens is 454 g/mol. The van der Waals surface area contributed by atoms with Gasteiger partial charge in [-0.15, -0.1) is 0 Å². The largest absolute Gasteiger partial charge is 0.494 e. The smallest absolute Gasteiger partial charge is 0.247 e. The fraction of sp³-hybridized carbons (Fsp3) is 0.222. The van der Waals surface area contributed by atoms with E-state index in [1.54, 1.807) is 7.11 Å². The molecule has 1 aliphatic rings. The average molecular weight is 484 g/mol. The molecule has 2 aromatic heterocycles. The van der Waals surface area contributed by atoms with Crippen molar-refractivity contribution in [3.8, 4) is 17.0 Å². The van der Waals surface area contributed by atoms with E-state index in [0.717, 1.165) is 54.0 Å². The summed E-state index contributed by atoms with van der Waals surface area (Å²) < 4.78 is 5.74. The Hall–Kier alpha value is -4.37. The molecule has 9 heteroatoms. The van der Waals surface area contributed by atoms with Gasteiger partial charge in [-0.25, -0.2) is 9.97 Å². The van der Waals surface area contributed by atoms with Gasteiger partial charge in [0, 0.05) is 61.0 Å². The third-order valence-corrected chi connectivity index (χ3v) is 6.40. The molecule has 1 aliphatic heterocycles. The Labute approximate surface area is 209 Å². The number of fused-ring (bicyclic) bond motifs is 1. The van der Waals surface area contributed by atoms with Crippen LogP contribution in [0.1, 0.15) is 0 Å². The number of nitrogens with one attached hydrogen (secondary N) is 3. The number of benzene rings is 2. The molecule has 0 aliphatic carbocycles. The van der Waals surface area contributed by atoms with Crippen molar-refractivity contribution in [3.05, 3.63) is 67.6 Å². The number of H-pyrrole nitrogens is 1. The van der Waals surface area contributed by atoms with Crippen molar-refractivity contribution in [1.29, 1.82) is 0 Å². The van der Waals surface area contributed by atoms with Crippen LogP contribution in [0.2, 0.25) is 0 Å². The summed E-state index contributed by atoms with van der Waals surface area (Å²) in [5, 5.41) is 7.40. The summed E-state index contributed by atoms with van der Waals surface area (Å²) in [5.41, 5.74) is 5.09. The molecule has 0 unspecified atom stereocenters. The third-order valence-electron chi connectivity index (χ3n) is 6.40. The number of carbonyl (C=O) groups excluding carboxylic acids is 1. The second kappa shape index (κ2) is 10.1. The van der Waals surface area contributed by atoms with Crippen molar-refractivity contribution < 1.29 is 9.53 Å². The van der Waals surface area contributed by atoms with Crippen LogP contribution in [-0.2, 0) is 4.79 Å². The zero-order valence-corrected chi connectivity index (χ0v) is 20.4. The molecule has 3 heterocycles. The Morgan fingerprint density at radius 3 is 2.69 bits per heavy atom. The summed E-state index contributed by atoms with van der Waals surface area (Å²) in [4.78, 5) is 29.0. The minimum Gasteiger partial charge on any atom is -0.494 e. The molecule has 0 radical (unpaired) electrons. The van der Waals surface area contributed by atoms with E-state index in [0.29, 0.717) is 22.9 Å². The molecule has 1 saturated heterocycles. The number of aromatic nitrogens is 3. The van der Waals surface area contributed by atoms with E-state index >= 15 is 0 Å². The molecule has 3 N–H and O–H groups in total. The molecule has 1 fully saturated rings. The van der Waals surface area contributed by atoms with Crippen LogP contribution in [0.3, 0.4) is 0 Å². The molecule has 36 heavy (non-hydrogen) atoms. The minimum absolute atomic E-state index is 0.273. The van der Waals surface area contributed by atoms with Crippen molar-refractivity contribution in [1.82, 2.24) is 19.9 Å². The van der Waals surface area contributed by atoms with E-state index in [1.807, 2.05) is 42.6 Å². The van der Waals surface area contributed by atoms with Crippen LogP contribution >= 0.6 is 0 Å². The molecule has 0 spiro atoms. The Morgan fingerprint density at radius 1 is 1.11 bits per heavy atom. The Bertz CT molecular complexity index is 1410. The van der Waals surface area contributed by atoms with Crippen molar-refractivity contribution >= 4 is 39.7 Å². The maximum atomic E-state index is 12.2. The molecule has 9 nitrogen and oxygen atoms in total. The number of methoxy groups -OCH3 is 1. The Kier molecular flexibility index (Phi) is 6.55. The van der Waals surface area contributed by atoms with Crippen molar-refractivity contribution in [2.24, 2.45) is 0 Å².